The van der Waals surface area contributed by atoms with Gasteiger partial charge in [-0.1, -0.05) is 68.8 Å². The highest BCUT2D eigenvalue weighted by molar-refractivity contribution is 5.89. The minimum Gasteiger partial charge on any atom is -0.459 e. The zero-order valence-corrected chi connectivity index (χ0v) is 16.9. The Morgan fingerprint density at radius 3 is 2.56 bits per heavy atom. The van der Waals surface area contributed by atoms with E-state index in [2.05, 4.69) is 44.2 Å². The zero-order valence-electron chi connectivity index (χ0n) is 16.9. The summed E-state index contributed by atoms with van der Waals surface area (Å²) >= 11 is 0. The lowest BCUT2D eigenvalue weighted by Gasteiger charge is -2.12. The van der Waals surface area contributed by atoms with Crippen LogP contribution in [0.5, 0.6) is 0 Å². The molecule has 0 saturated carbocycles. The number of allylic oxidation sites excluding steroid dienone is 1. The van der Waals surface area contributed by atoms with Gasteiger partial charge in [-0.05, 0) is 67.9 Å². The van der Waals surface area contributed by atoms with Crippen LogP contribution in [0.2, 0.25) is 0 Å². The molecule has 0 aliphatic heterocycles. The Morgan fingerprint density at radius 2 is 1.85 bits per heavy atom. The Balaban J connectivity index is 1.82. The van der Waals surface area contributed by atoms with E-state index in [9.17, 15) is 4.79 Å². The van der Waals surface area contributed by atoms with Crippen molar-refractivity contribution in [3.05, 3.63) is 76.9 Å². The van der Waals surface area contributed by atoms with Crippen molar-refractivity contribution in [2.24, 2.45) is 0 Å². The average molecular weight is 365 g/mol. The van der Waals surface area contributed by atoms with Crippen LogP contribution in [0.4, 0.5) is 0 Å². The molecule has 0 saturated heterocycles. The molecular formula is C25H32O2. The van der Waals surface area contributed by atoms with Crippen molar-refractivity contribution in [1.29, 1.82) is 0 Å². The second-order valence-corrected chi connectivity index (χ2v) is 7.05. The van der Waals surface area contributed by atoms with Gasteiger partial charge >= 0.3 is 5.97 Å². The van der Waals surface area contributed by atoms with E-state index in [1.807, 2.05) is 25.1 Å². The largest absolute Gasteiger partial charge is 0.459 e. The quantitative estimate of drug-likeness (QED) is 0.442. The van der Waals surface area contributed by atoms with E-state index in [-0.39, 0.29) is 12.1 Å². The molecule has 0 aliphatic rings. The molecule has 2 nitrogen and oxygen atoms in total. The molecule has 0 fully saturated rings. The number of hydrogen-bond acceptors (Lipinski definition) is 2. The van der Waals surface area contributed by atoms with Crippen LogP contribution in [0.1, 0.15) is 73.5 Å². The van der Waals surface area contributed by atoms with E-state index >= 15 is 0 Å². The van der Waals surface area contributed by atoms with Gasteiger partial charge in [-0.25, -0.2) is 4.79 Å². The molecule has 1 unspecified atom stereocenters. The maximum Gasteiger partial charge on any atom is 0.338 e. The van der Waals surface area contributed by atoms with Gasteiger partial charge in [0.25, 0.3) is 0 Å². The first-order valence-electron chi connectivity index (χ1n) is 10.2. The Labute approximate surface area is 164 Å². The highest BCUT2D eigenvalue weighted by Gasteiger charge is 2.10. The van der Waals surface area contributed by atoms with Crippen LogP contribution in [-0.4, -0.2) is 12.1 Å². The molecule has 1 atom stereocenters. The lowest BCUT2D eigenvalue weighted by molar-refractivity contribution is 0.0327. The van der Waals surface area contributed by atoms with Crippen molar-refractivity contribution in [1.82, 2.24) is 0 Å². The number of unbranched alkanes of at least 4 members (excludes halogenated alkanes) is 1. The van der Waals surface area contributed by atoms with Crippen molar-refractivity contribution < 1.29 is 9.53 Å². The summed E-state index contributed by atoms with van der Waals surface area (Å²) in [5, 5.41) is 0. The molecule has 2 aromatic carbocycles. The standard InChI is InChI=1S/C25H32O2/c1-4-6-14-23-18-17-21(19-22(23)5-2)13-11-10-12-20(3)27-25(26)24-15-8-7-9-16-24/h7-9,11,13,15-20H,4-6,10,12,14H2,1-3H3. The minimum atomic E-state index is -0.248. The van der Waals surface area contributed by atoms with Crippen LogP contribution in [0.15, 0.2) is 54.6 Å². The first-order chi connectivity index (χ1) is 13.1. The van der Waals surface area contributed by atoms with Gasteiger partial charge in [0.05, 0.1) is 11.7 Å². The molecule has 0 bridgehead atoms. The molecule has 0 heterocycles. The van der Waals surface area contributed by atoms with Gasteiger partial charge in [-0.3, -0.25) is 0 Å². The summed E-state index contributed by atoms with van der Waals surface area (Å²) in [4.78, 5) is 12.0. The van der Waals surface area contributed by atoms with E-state index in [4.69, 9.17) is 4.74 Å². The molecule has 0 aromatic heterocycles. The third kappa shape index (κ3) is 7.05. The first-order valence-corrected chi connectivity index (χ1v) is 10.2. The Bertz CT molecular complexity index is 731. The lowest BCUT2D eigenvalue weighted by atomic mass is 9.97. The van der Waals surface area contributed by atoms with Gasteiger partial charge in [-0.15, -0.1) is 0 Å². The van der Waals surface area contributed by atoms with E-state index in [1.54, 1.807) is 12.1 Å². The van der Waals surface area contributed by atoms with Gasteiger partial charge in [0, 0.05) is 0 Å². The van der Waals surface area contributed by atoms with Gasteiger partial charge in [-0.2, -0.15) is 0 Å². The van der Waals surface area contributed by atoms with Gasteiger partial charge in [0.15, 0.2) is 0 Å². The molecule has 2 aromatic rings. The van der Waals surface area contributed by atoms with E-state index < -0.39 is 0 Å². The Morgan fingerprint density at radius 1 is 1.07 bits per heavy atom. The van der Waals surface area contributed by atoms with Crippen LogP contribution in [0, 0.1) is 0 Å². The summed E-state index contributed by atoms with van der Waals surface area (Å²) in [6.45, 7) is 6.41. The molecular weight excluding hydrogens is 332 g/mol. The number of carbonyl (C=O) groups is 1. The average Bonchev–Trinajstić information content (AvgIpc) is 2.70. The van der Waals surface area contributed by atoms with Gasteiger partial charge in [0.2, 0.25) is 0 Å². The van der Waals surface area contributed by atoms with Crippen molar-refractivity contribution in [3.8, 4) is 0 Å². The fraction of sp³-hybridized carbons (Fsp3) is 0.400. The number of aryl methyl sites for hydroxylation is 2. The molecule has 2 heteroatoms. The third-order valence-electron chi connectivity index (χ3n) is 4.78. The minimum absolute atomic E-state index is 0.0926. The zero-order chi connectivity index (χ0) is 19.5. The van der Waals surface area contributed by atoms with Crippen molar-refractivity contribution in [2.45, 2.75) is 65.4 Å². The van der Waals surface area contributed by atoms with Crippen LogP contribution < -0.4 is 0 Å². The molecule has 0 spiro atoms. The Hall–Kier alpha value is -2.35. The number of hydrogen-bond donors (Lipinski definition) is 0. The fourth-order valence-electron chi connectivity index (χ4n) is 3.12. The highest BCUT2D eigenvalue weighted by Crippen LogP contribution is 2.17. The maximum absolute atomic E-state index is 12.0. The molecule has 27 heavy (non-hydrogen) atoms. The van der Waals surface area contributed by atoms with E-state index in [1.165, 1.54) is 36.0 Å². The van der Waals surface area contributed by atoms with Crippen molar-refractivity contribution >= 4 is 12.0 Å². The van der Waals surface area contributed by atoms with Crippen LogP contribution in [0.25, 0.3) is 6.08 Å². The predicted molar refractivity (Wildman–Crippen MR) is 114 cm³/mol. The van der Waals surface area contributed by atoms with Crippen LogP contribution >= 0.6 is 0 Å². The number of ether oxygens (including phenoxy) is 1. The number of esters is 1. The van der Waals surface area contributed by atoms with Gasteiger partial charge in [0.1, 0.15) is 0 Å². The molecule has 0 N–H and O–H groups in total. The number of benzene rings is 2. The molecule has 0 aliphatic carbocycles. The van der Waals surface area contributed by atoms with Crippen molar-refractivity contribution in [2.75, 3.05) is 0 Å². The fourth-order valence-corrected chi connectivity index (χ4v) is 3.12. The first kappa shape index (κ1) is 21.0. The van der Waals surface area contributed by atoms with Gasteiger partial charge < -0.3 is 4.74 Å². The number of carbonyl (C=O) groups excluding carboxylic acids is 1. The molecule has 0 amide bonds. The molecule has 144 valence electrons. The summed E-state index contributed by atoms with van der Waals surface area (Å²) in [6, 6.07) is 15.9. The summed E-state index contributed by atoms with van der Waals surface area (Å²) in [5.41, 5.74) is 4.80. The molecule has 0 radical (unpaired) electrons. The topological polar surface area (TPSA) is 26.3 Å². The summed E-state index contributed by atoms with van der Waals surface area (Å²) in [7, 11) is 0. The Kier molecular flexibility index (Phi) is 8.83. The normalized spacial score (nSPS) is 12.3. The smallest absolute Gasteiger partial charge is 0.338 e. The number of rotatable bonds is 10. The van der Waals surface area contributed by atoms with E-state index in [0.29, 0.717) is 5.56 Å². The summed E-state index contributed by atoms with van der Waals surface area (Å²) < 4.78 is 5.51. The second-order valence-electron chi connectivity index (χ2n) is 7.05. The maximum atomic E-state index is 12.0. The van der Waals surface area contributed by atoms with E-state index in [0.717, 1.165) is 19.3 Å². The van der Waals surface area contributed by atoms with Crippen LogP contribution in [0.3, 0.4) is 0 Å². The summed E-state index contributed by atoms with van der Waals surface area (Å²) in [5.74, 6) is -0.248. The predicted octanol–water partition coefficient (Wildman–Crippen LogP) is 6.63. The monoisotopic (exact) mass is 364 g/mol. The second kappa shape index (κ2) is 11.4. The lowest BCUT2D eigenvalue weighted by Crippen LogP contribution is -2.14. The SMILES string of the molecule is CCCCc1ccc(C=CCCC(C)OC(=O)c2ccccc2)cc1CC. The molecule has 2 rings (SSSR count). The third-order valence-corrected chi connectivity index (χ3v) is 4.78. The highest BCUT2D eigenvalue weighted by atomic mass is 16.5. The summed E-state index contributed by atoms with van der Waals surface area (Å²) in [6.07, 6.45) is 10.7. The van der Waals surface area contributed by atoms with Crippen LogP contribution in [-0.2, 0) is 17.6 Å². The van der Waals surface area contributed by atoms with Crippen molar-refractivity contribution in [3.63, 3.8) is 0 Å².